The highest BCUT2D eigenvalue weighted by molar-refractivity contribution is 7.16. The Balaban J connectivity index is 1.55. The maximum atomic E-state index is 12.5. The van der Waals surface area contributed by atoms with E-state index in [-0.39, 0.29) is 5.91 Å². The maximum absolute atomic E-state index is 12.5. The van der Waals surface area contributed by atoms with Gasteiger partial charge in [-0.2, -0.15) is 0 Å². The zero-order valence-corrected chi connectivity index (χ0v) is 15.5. The van der Waals surface area contributed by atoms with Crippen LogP contribution in [0.1, 0.15) is 24.2 Å². The normalized spacial score (nSPS) is 15.5. The first kappa shape index (κ1) is 17.4. The van der Waals surface area contributed by atoms with Gasteiger partial charge in [0, 0.05) is 37.6 Å². The standard InChI is InChI=1S/C16H17ClN2O3S2/c1-22-16(21)13-4-3-12(24-13)15(20)19-8-6-18(7-9-19)10-11-2-5-14(17)23-11/h2-5H,6-10H2,1H3. The number of ether oxygens (including phenoxy) is 1. The molecule has 0 unspecified atom stereocenters. The third-order valence-electron chi connectivity index (χ3n) is 3.87. The van der Waals surface area contributed by atoms with Gasteiger partial charge >= 0.3 is 5.97 Å². The van der Waals surface area contributed by atoms with Crippen LogP contribution >= 0.6 is 34.3 Å². The zero-order valence-electron chi connectivity index (χ0n) is 13.2. The molecule has 1 aliphatic heterocycles. The molecule has 8 heteroatoms. The van der Waals surface area contributed by atoms with Crippen LogP contribution in [0.2, 0.25) is 4.34 Å². The first-order chi connectivity index (χ1) is 11.6. The molecule has 0 radical (unpaired) electrons. The number of rotatable bonds is 4. The minimum atomic E-state index is -0.404. The van der Waals surface area contributed by atoms with Crippen LogP contribution in [0.25, 0.3) is 0 Å². The summed E-state index contributed by atoms with van der Waals surface area (Å²) in [5, 5.41) is 0. The number of hydrogen-bond acceptors (Lipinski definition) is 6. The van der Waals surface area contributed by atoms with Gasteiger partial charge in [0.1, 0.15) is 4.88 Å². The van der Waals surface area contributed by atoms with Crippen molar-refractivity contribution in [3.05, 3.63) is 43.2 Å². The number of carbonyl (C=O) groups is 2. The summed E-state index contributed by atoms with van der Waals surface area (Å²) in [6.45, 7) is 3.89. The molecule has 0 aliphatic carbocycles. The average molecular weight is 385 g/mol. The quantitative estimate of drug-likeness (QED) is 0.759. The molecule has 0 atom stereocenters. The van der Waals surface area contributed by atoms with Crippen molar-refractivity contribution in [3.63, 3.8) is 0 Å². The van der Waals surface area contributed by atoms with E-state index in [1.807, 2.05) is 17.0 Å². The van der Waals surface area contributed by atoms with Gasteiger partial charge < -0.3 is 9.64 Å². The summed E-state index contributed by atoms with van der Waals surface area (Å²) in [5.74, 6) is -0.424. The molecule has 0 bridgehead atoms. The van der Waals surface area contributed by atoms with Gasteiger partial charge in [0.15, 0.2) is 0 Å². The SMILES string of the molecule is COC(=O)c1ccc(C(=O)N2CCN(Cc3ccc(Cl)s3)CC2)s1. The van der Waals surface area contributed by atoms with Crippen LogP contribution in [0.3, 0.4) is 0 Å². The molecular weight excluding hydrogens is 368 g/mol. The van der Waals surface area contributed by atoms with E-state index in [1.165, 1.54) is 23.3 Å². The summed E-state index contributed by atoms with van der Waals surface area (Å²) in [4.78, 5) is 30.5. The van der Waals surface area contributed by atoms with Gasteiger partial charge in [0.05, 0.1) is 16.3 Å². The molecule has 24 heavy (non-hydrogen) atoms. The maximum Gasteiger partial charge on any atom is 0.348 e. The average Bonchev–Trinajstić information content (AvgIpc) is 3.23. The van der Waals surface area contributed by atoms with E-state index < -0.39 is 5.97 Å². The van der Waals surface area contributed by atoms with Crippen molar-refractivity contribution in [3.8, 4) is 0 Å². The predicted octanol–water partition coefficient (Wildman–Crippen LogP) is 3.21. The summed E-state index contributed by atoms with van der Waals surface area (Å²) in [7, 11) is 1.34. The molecule has 1 aliphatic rings. The van der Waals surface area contributed by atoms with E-state index >= 15 is 0 Å². The summed E-state index contributed by atoms with van der Waals surface area (Å²) in [5.41, 5.74) is 0. The molecule has 3 rings (SSSR count). The van der Waals surface area contributed by atoms with Crippen molar-refractivity contribution >= 4 is 46.2 Å². The molecule has 0 saturated carbocycles. The molecule has 0 aromatic carbocycles. The fraction of sp³-hybridized carbons (Fsp3) is 0.375. The fourth-order valence-corrected chi connectivity index (χ4v) is 4.61. The van der Waals surface area contributed by atoms with Crippen molar-refractivity contribution < 1.29 is 14.3 Å². The van der Waals surface area contributed by atoms with Crippen LogP contribution in [-0.2, 0) is 11.3 Å². The minimum Gasteiger partial charge on any atom is -0.465 e. The molecule has 2 aromatic rings. The summed E-state index contributed by atoms with van der Waals surface area (Å²) >= 11 is 8.74. The number of piperazine rings is 1. The Hall–Kier alpha value is -1.41. The second-order valence-electron chi connectivity index (χ2n) is 5.43. The minimum absolute atomic E-state index is 0.0195. The summed E-state index contributed by atoms with van der Waals surface area (Å²) < 4.78 is 5.48. The van der Waals surface area contributed by atoms with Crippen molar-refractivity contribution in [2.45, 2.75) is 6.54 Å². The largest absolute Gasteiger partial charge is 0.465 e. The number of nitrogens with zero attached hydrogens (tertiary/aromatic N) is 2. The predicted molar refractivity (Wildman–Crippen MR) is 96.2 cm³/mol. The second-order valence-corrected chi connectivity index (χ2v) is 8.31. The number of amides is 1. The van der Waals surface area contributed by atoms with Crippen molar-refractivity contribution in [1.82, 2.24) is 9.80 Å². The smallest absolute Gasteiger partial charge is 0.348 e. The van der Waals surface area contributed by atoms with Crippen LogP contribution in [-0.4, -0.2) is 55.0 Å². The fourth-order valence-electron chi connectivity index (χ4n) is 2.59. The highest BCUT2D eigenvalue weighted by atomic mass is 35.5. The topological polar surface area (TPSA) is 49.9 Å². The number of carbonyl (C=O) groups excluding carboxylic acids is 2. The number of hydrogen-bond donors (Lipinski definition) is 0. The molecule has 1 amide bonds. The zero-order chi connectivity index (χ0) is 17.1. The lowest BCUT2D eigenvalue weighted by molar-refractivity contribution is 0.0605. The highest BCUT2D eigenvalue weighted by Gasteiger charge is 2.24. The van der Waals surface area contributed by atoms with Crippen molar-refractivity contribution in [2.24, 2.45) is 0 Å². The summed E-state index contributed by atoms with van der Waals surface area (Å²) in [6, 6.07) is 7.29. The van der Waals surface area contributed by atoms with Gasteiger partial charge in [-0.25, -0.2) is 4.79 Å². The Morgan fingerprint density at radius 3 is 2.42 bits per heavy atom. The summed E-state index contributed by atoms with van der Waals surface area (Å²) in [6.07, 6.45) is 0. The second kappa shape index (κ2) is 7.65. The van der Waals surface area contributed by atoms with E-state index in [1.54, 1.807) is 23.5 Å². The number of methoxy groups -OCH3 is 1. The Labute approximate surface area is 153 Å². The van der Waals surface area contributed by atoms with Crippen molar-refractivity contribution in [2.75, 3.05) is 33.3 Å². The molecule has 2 aromatic heterocycles. The Morgan fingerprint density at radius 2 is 1.79 bits per heavy atom. The van der Waals surface area contributed by atoms with E-state index in [0.717, 1.165) is 24.0 Å². The van der Waals surface area contributed by atoms with Gasteiger partial charge in [0.2, 0.25) is 0 Å². The molecule has 128 valence electrons. The Morgan fingerprint density at radius 1 is 1.08 bits per heavy atom. The Bertz CT molecular complexity index is 735. The van der Waals surface area contributed by atoms with Gasteiger partial charge in [-0.15, -0.1) is 22.7 Å². The number of esters is 1. The molecule has 5 nitrogen and oxygen atoms in total. The number of thiophene rings is 2. The lowest BCUT2D eigenvalue weighted by Gasteiger charge is -2.34. The Kier molecular flexibility index (Phi) is 5.55. The van der Waals surface area contributed by atoms with E-state index in [0.29, 0.717) is 22.8 Å². The molecule has 0 spiro atoms. The molecular formula is C16H17ClN2O3S2. The third kappa shape index (κ3) is 3.97. The monoisotopic (exact) mass is 384 g/mol. The third-order valence-corrected chi connectivity index (χ3v) is 6.14. The first-order valence-corrected chi connectivity index (χ1v) is 9.52. The van der Waals surface area contributed by atoms with Crippen LogP contribution in [0.15, 0.2) is 24.3 Å². The molecule has 3 heterocycles. The van der Waals surface area contributed by atoms with Gasteiger partial charge in [-0.1, -0.05) is 11.6 Å². The van der Waals surface area contributed by atoms with Crippen molar-refractivity contribution in [1.29, 1.82) is 0 Å². The van der Waals surface area contributed by atoms with E-state index in [9.17, 15) is 9.59 Å². The first-order valence-electron chi connectivity index (χ1n) is 7.51. The van der Waals surface area contributed by atoms with Gasteiger partial charge in [-0.3, -0.25) is 9.69 Å². The molecule has 1 fully saturated rings. The highest BCUT2D eigenvalue weighted by Crippen LogP contribution is 2.24. The van der Waals surface area contributed by atoms with Gasteiger partial charge in [0.25, 0.3) is 5.91 Å². The van der Waals surface area contributed by atoms with Gasteiger partial charge in [-0.05, 0) is 24.3 Å². The van der Waals surface area contributed by atoms with Crippen LogP contribution < -0.4 is 0 Å². The van der Waals surface area contributed by atoms with Crippen LogP contribution in [0.5, 0.6) is 0 Å². The molecule has 0 N–H and O–H groups in total. The number of halogens is 1. The van der Waals surface area contributed by atoms with E-state index in [2.05, 4.69) is 9.64 Å². The van der Waals surface area contributed by atoms with Crippen LogP contribution in [0.4, 0.5) is 0 Å². The lowest BCUT2D eigenvalue weighted by atomic mass is 10.2. The lowest BCUT2D eigenvalue weighted by Crippen LogP contribution is -2.48. The molecule has 1 saturated heterocycles. The van der Waals surface area contributed by atoms with E-state index in [4.69, 9.17) is 11.6 Å². The van der Waals surface area contributed by atoms with Crippen LogP contribution in [0, 0.1) is 0 Å².